The first-order valence-electron chi connectivity index (χ1n) is 6.25. The minimum atomic E-state index is 0.136. The molecule has 1 aromatic heterocycles. The molecule has 2 atom stereocenters. The molecule has 1 aromatic rings. The zero-order chi connectivity index (χ0) is 12.5. The van der Waals surface area contributed by atoms with Gasteiger partial charge < -0.3 is 5.32 Å². The molecule has 1 N–H and O–H groups in total. The number of rotatable bonds is 4. The third kappa shape index (κ3) is 2.54. The van der Waals surface area contributed by atoms with Crippen molar-refractivity contribution in [2.75, 3.05) is 5.32 Å². The summed E-state index contributed by atoms with van der Waals surface area (Å²) < 4.78 is 0. The maximum atomic E-state index is 6.21. The molecule has 1 heterocycles. The highest BCUT2D eigenvalue weighted by Crippen LogP contribution is 2.45. The van der Waals surface area contributed by atoms with Gasteiger partial charge in [0.1, 0.15) is 12.1 Å². The van der Waals surface area contributed by atoms with Crippen LogP contribution in [0.1, 0.15) is 39.3 Å². The van der Waals surface area contributed by atoms with Gasteiger partial charge in [0.05, 0.1) is 0 Å². The van der Waals surface area contributed by atoms with Crippen molar-refractivity contribution >= 4 is 17.4 Å². The Morgan fingerprint density at radius 1 is 1.47 bits per heavy atom. The Morgan fingerprint density at radius 2 is 2.24 bits per heavy atom. The van der Waals surface area contributed by atoms with Gasteiger partial charge in [0.25, 0.3) is 0 Å². The van der Waals surface area contributed by atoms with Crippen molar-refractivity contribution in [2.45, 2.75) is 51.5 Å². The Morgan fingerprint density at radius 3 is 2.82 bits per heavy atom. The average Bonchev–Trinajstić information content (AvgIpc) is 2.30. The highest BCUT2D eigenvalue weighted by atomic mass is 35.5. The first-order valence-corrected chi connectivity index (χ1v) is 6.69. The van der Waals surface area contributed by atoms with Crippen molar-refractivity contribution in [1.82, 2.24) is 9.97 Å². The van der Waals surface area contributed by atoms with Crippen LogP contribution in [-0.2, 0) is 6.42 Å². The van der Waals surface area contributed by atoms with Gasteiger partial charge in [-0.2, -0.15) is 0 Å². The number of halogens is 1. The normalized spacial score (nSPS) is 26.4. The number of nitrogens with zero attached hydrogens (tertiary/aromatic N) is 2. The van der Waals surface area contributed by atoms with E-state index in [0.717, 1.165) is 30.8 Å². The average molecular weight is 254 g/mol. The van der Waals surface area contributed by atoms with Crippen LogP contribution in [0.25, 0.3) is 0 Å². The van der Waals surface area contributed by atoms with E-state index in [0.29, 0.717) is 6.04 Å². The highest BCUT2D eigenvalue weighted by Gasteiger charge is 2.47. The lowest BCUT2D eigenvalue weighted by Crippen LogP contribution is -2.54. The summed E-state index contributed by atoms with van der Waals surface area (Å²) >= 11 is 6.21. The molecule has 1 saturated carbocycles. The number of nitrogens with one attached hydrogen (secondary N) is 1. The summed E-state index contributed by atoms with van der Waals surface area (Å²) in [7, 11) is 0. The smallest absolute Gasteiger partial charge is 0.129 e. The summed E-state index contributed by atoms with van der Waals surface area (Å²) in [5, 5.41) is 3.72. The standard InChI is InChI=1S/C13H20ClN3/c1-4-5-9-6-12(16-8-15-9)17-11-7-10(14)13(11,2)3/h6,8,10-11H,4-5,7H2,1-3H3,(H,15,16,17). The first-order chi connectivity index (χ1) is 8.04. The van der Waals surface area contributed by atoms with Crippen molar-refractivity contribution in [3.05, 3.63) is 18.1 Å². The molecule has 94 valence electrons. The van der Waals surface area contributed by atoms with E-state index in [4.69, 9.17) is 11.6 Å². The van der Waals surface area contributed by atoms with Crippen LogP contribution < -0.4 is 5.32 Å². The molecule has 0 amide bonds. The number of aryl methyl sites for hydroxylation is 1. The summed E-state index contributed by atoms with van der Waals surface area (Å²) in [5.41, 5.74) is 1.24. The summed E-state index contributed by atoms with van der Waals surface area (Å²) in [6.07, 6.45) is 4.75. The zero-order valence-corrected chi connectivity index (χ0v) is 11.5. The minimum Gasteiger partial charge on any atom is -0.367 e. The van der Waals surface area contributed by atoms with Crippen LogP contribution in [0, 0.1) is 5.41 Å². The Balaban J connectivity index is 2.02. The number of anilines is 1. The Kier molecular flexibility index (Phi) is 3.57. The highest BCUT2D eigenvalue weighted by molar-refractivity contribution is 6.21. The van der Waals surface area contributed by atoms with Gasteiger partial charge >= 0.3 is 0 Å². The lowest BCUT2D eigenvalue weighted by atomic mass is 9.67. The molecule has 0 saturated heterocycles. The van der Waals surface area contributed by atoms with E-state index in [9.17, 15) is 0 Å². The first kappa shape index (κ1) is 12.6. The molecular formula is C13H20ClN3. The Labute approximate surface area is 108 Å². The fourth-order valence-corrected chi connectivity index (χ4v) is 2.50. The molecule has 2 rings (SSSR count). The lowest BCUT2D eigenvalue weighted by molar-refractivity contribution is 0.168. The molecule has 2 unspecified atom stereocenters. The topological polar surface area (TPSA) is 37.8 Å². The van der Waals surface area contributed by atoms with Crippen LogP contribution in [0.3, 0.4) is 0 Å². The molecule has 0 bridgehead atoms. The van der Waals surface area contributed by atoms with Crippen LogP contribution >= 0.6 is 11.6 Å². The van der Waals surface area contributed by atoms with Crippen molar-refractivity contribution in [2.24, 2.45) is 5.41 Å². The van der Waals surface area contributed by atoms with Gasteiger partial charge in [0, 0.05) is 28.6 Å². The summed E-state index contributed by atoms with van der Waals surface area (Å²) in [6.45, 7) is 6.54. The third-order valence-electron chi connectivity index (χ3n) is 3.70. The molecule has 1 aliphatic carbocycles. The second kappa shape index (κ2) is 4.81. The van der Waals surface area contributed by atoms with E-state index in [1.165, 1.54) is 0 Å². The van der Waals surface area contributed by atoms with E-state index in [1.807, 2.05) is 6.07 Å². The molecule has 0 aromatic carbocycles. The minimum absolute atomic E-state index is 0.136. The van der Waals surface area contributed by atoms with Gasteiger partial charge in [-0.3, -0.25) is 0 Å². The third-order valence-corrected chi connectivity index (χ3v) is 4.44. The van der Waals surface area contributed by atoms with E-state index >= 15 is 0 Å². The van der Waals surface area contributed by atoms with Gasteiger partial charge in [0.15, 0.2) is 0 Å². The Hall–Kier alpha value is -0.830. The molecule has 4 heteroatoms. The molecule has 0 spiro atoms. The number of hydrogen-bond acceptors (Lipinski definition) is 3. The van der Waals surface area contributed by atoms with Gasteiger partial charge in [-0.05, 0) is 12.8 Å². The summed E-state index contributed by atoms with van der Waals surface area (Å²) in [6, 6.07) is 2.45. The second-order valence-corrected chi connectivity index (χ2v) is 5.89. The quantitative estimate of drug-likeness (QED) is 0.837. The van der Waals surface area contributed by atoms with Crippen LogP contribution in [0.5, 0.6) is 0 Å². The fraction of sp³-hybridized carbons (Fsp3) is 0.692. The van der Waals surface area contributed by atoms with E-state index < -0.39 is 0 Å². The molecular weight excluding hydrogens is 234 g/mol. The number of aromatic nitrogens is 2. The van der Waals surface area contributed by atoms with Crippen molar-refractivity contribution in [1.29, 1.82) is 0 Å². The van der Waals surface area contributed by atoms with Gasteiger partial charge in [-0.1, -0.05) is 27.2 Å². The second-order valence-electron chi connectivity index (χ2n) is 5.37. The maximum Gasteiger partial charge on any atom is 0.129 e. The van der Waals surface area contributed by atoms with E-state index in [1.54, 1.807) is 6.33 Å². The molecule has 3 nitrogen and oxygen atoms in total. The molecule has 0 radical (unpaired) electrons. The number of alkyl halides is 1. The monoisotopic (exact) mass is 253 g/mol. The maximum absolute atomic E-state index is 6.21. The van der Waals surface area contributed by atoms with Gasteiger partial charge in [-0.15, -0.1) is 11.6 Å². The van der Waals surface area contributed by atoms with Gasteiger partial charge in [0.2, 0.25) is 0 Å². The number of hydrogen-bond donors (Lipinski definition) is 1. The SMILES string of the molecule is CCCc1cc(NC2CC(Cl)C2(C)C)ncn1. The van der Waals surface area contributed by atoms with Crippen molar-refractivity contribution in [3.63, 3.8) is 0 Å². The van der Waals surface area contributed by atoms with Gasteiger partial charge in [-0.25, -0.2) is 9.97 Å². The van der Waals surface area contributed by atoms with Crippen molar-refractivity contribution < 1.29 is 0 Å². The van der Waals surface area contributed by atoms with Crippen LogP contribution in [-0.4, -0.2) is 21.4 Å². The predicted octanol–water partition coefficient (Wildman–Crippen LogP) is 3.25. The molecule has 1 aliphatic rings. The van der Waals surface area contributed by atoms with Crippen LogP contribution in [0.15, 0.2) is 12.4 Å². The lowest BCUT2D eigenvalue weighted by Gasteiger charge is -2.49. The fourth-order valence-electron chi connectivity index (χ4n) is 2.17. The zero-order valence-electron chi connectivity index (χ0n) is 10.7. The predicted molar refractivity (Wildman–Crippen MR) is 71.5 cm³/mol. The largest absolute Gasteiger partial charge is 0.367 e. The Bertz CT molecular complexity index is 392. The van der Waals surface area contributed by atoms with Crippen LogP contribution in [0.2, 0.25) is 0 Å². The molecule has 0 aliphatic heterocycles. The van der Waals surface area contributed by atoms with E-state index in [2.05, 4.69) is 36.1 Å². The van der Waals surface area contributed by atoms with E-state index in [-0.39, 0.29) is 10.8 Å². The summed E-state index contributed by atoms with van der Waals surface area (Å²) in [5.74, 6) is 0.921. The summed E-state index contributed by atoms with van der Waals surface area (Å²) in [4.78, 5) is 8.52. The van der Waals surface area contributed by atoms with Crippen LogP contribution in [0.4, 0.5) is 5.82 Å². The molecule has 17 heavy (non-hydrogen) atoms. The molecule has 1 fully saturated rings. The van der Waals surface area contributed by atoms with Crippen molar-refractivity contribution in [3.8, 4) is 0 Å².